The second-order valence-electron chi connectivity index (χ2n) is 6.64. The predicted octanol–water partition coefficient (Wildman–Crippen LogP) is 2.14. The highest BCUT2D eigenvalue weighted by atomic mass is 32.2. The van der Waals surface area contributed by atoms with Crippen LogP contribution >= 0.6 is 0 Å². The van der Waals surface area contributed by atoms with Crippen molar-refractivity contribution in [2.75, 3.05) is 12.3 Å². The standard InChI is InChI=1S/C20H17FN6O2S/c21-13-7-9-14(10-8-13)27-19(23)16(12-22)17(25-27)5-3-11-24-20-15-4-1-2-6-18(15)30(28,29)26-20/h1-2,4,6-10H,3,5,11,23H2,(H,24,26). The van der Waals surface area contributed by atoms with Crippen molar-refractivity contribution in [2.45, 2.75) is 17.7 Å². The lowest BCUT2D eigenvalue weighted by molar-refractivity contribution is 0.595. The zero-order valence-electron chi connectivity index (χ0n) is 15.7. The lowest BCUT2D eigenvalue weighted by Gasteiger charge is -2.03. The minimum atomic E-state index is -3.57. The molecule has 1 aliphatic rings. The minimum Gasteiger partial charge on any atom is -0.382 e. The summed E-state index contributed by atoms with van der Waals surface area (Å²) in [7, 11) is -3.57. The van der Waals surface area contributed by atoms with Crippen molar-refractivity contribution < 1.29 is 12.8 Å². The van der Waals surface area contributed by atoms with Gasteiger partial charge in [-0.1, -0.05) is 12.1 Å². The van der Waals surface area contributed by atoms with Gasteiger partial charge in [0.05, 0.1) is 16.3 Å². The number of nitriles is 1. The van der Waals surface area contributed by atoms with E-state index in [1.54, 1.807) is 18.2 Å². The molecule has 2 aromatic carbocycles. The number of nitrogens with one attached hydrogen (secondary N) is 1. The van der Waals surface area contributed by atoms with Crippen LogP contribution in [-0.4, -0.2) is 30.6 Å². The monoisotopic (exact) mass is 424 g/mol. The molecule has 4 rings (SSSR count). The highest BCUT2D eigenvalue weighted by molar-refractivity contribution is 7.90. The van der Waals surface area contributed by atoms with E-state index in [-0.39, 0.29) is 22.1 Å². The fraction of sp³-hybridized carbons (Fsp3) is 0.150. The molecule has 0 fully saturated rings. The summed E-state index contributed by atoms with van der Waals surface area (Å²) in [5, 5.41) is 13.8. The number of anilines is 1. The van der Waals surface area contributed by atoms with Gasteiger partial charge in [0.2, 0.25) is 0 Å². The lowest BCUT2D eigenvalue weighted by Crippen LogP contribution is -2.22. The molecule has 0 aliphatic carbocycles. The fourth-order valence-electron chi connectivity index (χ4n) is 3.24. The summed E-state index contributed by atoms with van der Waals surface area (Å²) in [6.45, 7) is 0.334. The van der Waals surface area contributed by atoms with E-state index in [4.69, 9.17) is 5.73 Å². The van der Waals surface area contributed by atoms with Crippen LogP contribution in [0.15, 0.2) is 58.4 Å². The van der Waals surface area contributed by atoms with Crippen LogP contribution in [0.2, 0.25) is 0 Å². The Labute approximate surface area is 172 Å². The number of aromatic nitrogens is 2. The number of sulfonamides is 1. The molecule has 0 spiro atoms. The quantitative estimate of drug-likeness (QED) is 0.607. The molecule has 3 N–H and O–H groups in total. The molecule has 0 saturated heterocycles. The number of aryl methyl sites for hydroxylation is 1. The number of halogens is 1. The van der Waals surface area contributed by atoms with Gasteiger partial charge in [-0.05, 0) is 49.2 Å². The summed E-state index contributed by atoms with van der Waals surface area (Å²) in [5.74, 6) is 0.110. The van der Waals surface area contributed by atoms with E-state index < -0.39 is 10.0 Å². The van der Waals surface area contributed by atoms with Gasteiger partial charge < -0.3 is 5.73 Å². The lowest BCUT2D eigenvalue weighted by atomic mass is 10.1. The molecular weight excluding hydrogens is 407 g/mol. The molecule has 0 amide bonds. The number of hydrogen-bond acceptors (Lipinski definition) is 6. The summed E-state index contributed by atoms with van der Waals surface area (Å²) in [5.41, 5.74) is 7.91. The largest absolute Gasteiger partial charge is 0.382 e. The van der Waals surface area contributed by atoms with Gasteiger partial charge in [0, 0.05) is 12.1 Å². The maximum atomic E-state index is 13.2. The molecular formula is C20H17FN6O2S. The Kier molecular flexibility index (Phi) is 4.97. The average Bonchev–Trinajstić information content (AvgIpc) is 3.19. The molecule has 1 aromatic heterocycles. The van der Waals surface area contributed by atoms with Gasteiger partial charge in [0.25, 0.3) is 10.0 Å². The topological polar surface area (TPSA) is 126 Å². The third-order valence-corrected chi connectivity index (χ3v) is 6.08. The Balaban J connectivity index is 1.50. The smallest absolute Gasteiger partial charge is 0.263 e. The molecule has 2 heterocycles. The number of nitrogens with zero attached hydrogens (tertiary/aromatic N) is 4. The molecule has 0 unspecified atom stereocenters. The number of benzene rings is 2. The summed E-state index contributed by atoms with van der Waals surface area (Å²) in [6, 6.07) is 14.3. The van der Waals surface area contributed by atoms with Crippen molar-refractivity contribution >= 4 is 21.7 Å². The summed E-state index contributed by atoms with van der Waals surface area (Å²) >= 11 is 0. The summed E-state index contributed by atoms with van der Waals surface area (Å²) < 4.78 is 41.3. The summed E-state index contributed by atoms with van der Waals surface area (Å²) in [6.07, 6.45) is 0.953. The van der Waals surface area contributed by atoms with Crippen molar-refractivity contribution in [3.05, 3.63) is 71.2 Å². The van der Waals surface area contributed by atoms with E-state index in [9.17, 15) is 18.1 Å². The van der Waals surface area contributed by atoms with E-state index >= 15 is 0 Å². The maximum absolute atomic E-state index is 13.2. The van der Waals surface area contributed by atoms with E-state index in [1.165, 1.54) is 35.0 Å². The average molecular weight is 424 g/mol. The minimum absolute atomic E-state index is 0.183. The van der Waals surface area contributed by atoms with Gasteiger partial charge in [0.15, 0.2) is 0 Å². The molecule has 1 aliphatic heterocycles. The first-order valence-corrected chi connectivity index (χ1v) is 10.6. The first-order valence-electron chi connectivity index (χ1n) is 9.11. The van der Waals surface area contributed by atoms with E-state index in [2.05, 4.69) is 20.9 Å². The predicted molar refractivity (Wildman–Crippen MR) is 109 cm³/mol. The normalized spacial score (nSPS) is 15.5. The van der Waals surface area contributed by atoms with Crippen molar-refractivity contribution in [3.63, 3.8) is 0 Å². The van der Waals surface area contributed by atoms with Gasteiger partial charge in [0.1, 0.15) is 29.1 Å². The Morgan fingerprint density at radius 1 is 1.20 bits per heavy atom. The second kappa shape index (κ2) is 7.61. The molecule has 30 heavy (non-hydrogen) atoms. The van der Waals surface area contributed by atoms with E-state index in [0.29, 0.717) is 42.2 Å². The third kappa shape index (κ3) is 3.51. The molecule has 0 radical (unpaired) electrons. The van der Waals surface area contributed by atoms with Crippen LogP contribution in [0.5, 0.6) is 0 Å². The number of fused-ring (bicyclic) bond motifs is 1. The van der Waals surface area contributed by atoms with Gasteiger partial charge in [-0.25, -0.2) is 17.5 Å². The third-order valence-electron chi connectivity index (χ3n) is 4.68. The van der Waals surface area contributed by atoms with Crippen molar-refractivity contribution in [1.82, 2.24) is 14.5 Å². The molecule has 0 saturated carbocycles. The van der Waals surface area contributed by atoms with Gasteiger partial charge in [-0.2, -0.15) is 10.4 Å². The van der Waals surface area contributed by atoms with Crippen LogP contribution in [0.25, 0.3) is 5.69 Å². The highest BCUT2D eigenvalue weighted by Crippen LogP contribution is 2.23. The number of rotatable bonds is 5. The van der Waals surface area contributed by atoms with Crippen LogP contribution in [0.3, 0.4) is 0 Å². The van der Waals surface area contributed by atoms with Crippen molar-refractivity contribution in [2.24, 2.45) is 4.99 Å². The Morgan fingerprint density at radius 2 is 1.93 bits per heavy atom. The Morgan fingerprint density at radius 3 is 2.67 bits per heavy atom. The SMILES string of the molecule is N#Cc1c(CCCN=C2NS(=O)(=O)c3ccccc32)nn(-c2ccc(F)cc2)c1N. The molecule has 0 bridgehead atoms. The first kappa shape index (κ1) is 19.6. The Bertz CT molecular complexity index is 1290. The number of amidine groups is 1. The maximum Gasteiger partial charge on any atom is 0.263 e. The first-order chi connectivity index (χ1) is 14.4. The molecule has 0 atom stereocenters. The van der Waals surface area contributed by atoms with Crippen LogP contribution in [0, 0.1) is 17.1 Å². The van der Waals surface area contributed by atoms with Gasteiger partial charge in [-0.15, -0.1) is 0 Å². The van der Waals surface area contributed by atoms with Gasteiger partial charge in [-0.3, -0.25) is 9.71 Å². The van der Waals surface area contributed by atoms with Crippen LogP contribution < -0.4 is 10.5 Å². The second-order valence-corrected chi connectivity index (χ2v) is 8.29. The molecule has 10 heteroatoms. The van der Waals surface area contributed by atoms with E-state index in [1.807, 2.05) is 0 Å². The van der Waals surface area contributed by atoms with Crippen molar-refractivity contribution in [3.8, 4) is 11.8 Å². The van der Waals surface area contributed by atoms with Crippen LogP contribution in [0.1, 0.15) is 23.2 Å². The number of nitrogens with two attached hydrogens (primary N) is 1. The van der Waals surface area contributed by atoms with Gasteiger partial charge >= 0.3 is 0 Å². The number of aliphatic imine (C=N–C) groups is 1. The molecule has 152 valence electrons. The number of nitrogen functional groups attached to an aromatic ring is 1. The highest BCUT2D eigenvalue weighted by Gasteiger charge is 2.29. The van der Waals surface area contributed by atoms with Crippen LogP contribution in [0.4, 0.5) is 10.2 Å². The summed E-state index contributed by atoms with van der Waals surface area (Å²) in [4.78, 5) is 4.57. The zero-order chi connectivity index (χ0) is 21.3. The molecule has 3 aromatic rings. The fourth-order valence-corrected chi connectivity index (χ4v) is 4.49. The molecule has 8 nitrogen and oxygen atoms in total. The zero-order valence-corrected chi connectivity index (χ0v) is 16.5. The van der Waals surface area contributed by atoms with Crippen molar-refractivity contribution in [1.29, 1.82) is 5.26 Å². The Hall–Kier alpha value is -3.71. The van der Waals surface area contributed by atoms with Crippen LogP contribution in [-0.2, 0) is 16.4 Å². The number of hydrogen-bond donors (Lipinski definition) is 2. The van der Waals surface area contributed by atoms with E-state index in [0.717, 1.165) is 0 Å².